The molecule has 1 aromatic rings. The summed E-state index contributed by atoms with van der Waals surface area (Å²) in [4.78, 5) is 11.5. The summed E-state index contributed by atoms with van der Waals surface area (Å²) in [5, 5.41) is 48.2. The van der Waals surface area contributed by atoms with E-state index in [-0.39, 0.29) is 5.88 Å². The van der Waals surface area contributed by atoms with E-state index in [0.29, 0.717) is 0 Å². The predicted octanol–water partition coefficient (Wildman–Crippen LogP) is -2.06. The van der Waals surface area contributed by atoms with E-state index in [2.05, 4.69) is 5.32 Å². The summed E-state index contributed by atoms with van der Waals surface area (Å²) in [7, 11) is 0. The molecule has 0 aliphatic heterocycles. The van der Waals surface area contributed by atoms with Crippen LogP contribution in [0.1, 0.15) is 0 Å². The Labute approximate surface area is 108 Å². The SMILES string of the molecule is O=C(Nc1cccc[o+]1)[C@H](O)[C@@H](O)[C@H](O)[C@H](O)CO. The number of carbonyl (C=O) groups excluding carboxylic acids is 1. The Bertz CT molecular complexity index is 399. The lowest BCUT2D eigenvalue weighted by Gasteiger charge is -2.24. The average Bonchev–Trinajstić information content (AvgIpc) is 2.44. The van der Waals surface area contributed by atoms with Crippen molar-refractivity contribution in [2.75, 3.05) is 11.9 Å². The fourth-order valence-corrected chi connectivity index (χ4v) is 1.28. The van der Waals surface area contributed by atoms with E-state index in [0.717, 1.165) is 0 Å². The van der Waals surface area contributed by atoms with Crippen LogP contribution in [0.5, 0.6) is 0 Å². The summed E-state index contributed by atoms with van der Waals surface area (Å²) in [6.07, 6.45) is -6.18. The maximum atomic E-state index is 11.5. The Morgan fingerprint density at radius 3 is 2.42 bits per heavy atom. The Morgan fingerprint density at radius 2 is 1.89 bits per heavy atom. The fraction of sp³-hybridized carbons (Fsp3) is 0.455. The minimum absolute atomic E-state index is 0.0379. The second-order valence-electron chi connectivity index (χ2n) is 3.83. The van der Waals surface area contributed by atoms with Crippen molar-refractivity contribution in [2.24, 2.45) is 0 Å². The van der Waals surface area contributed by atoms with Crippen molar-refractivity contribution in [3.05, 3.63) is 24.5 Å². The van der Waals surface area contributed by atoms with Crippen LogP contribution in [0.25, 0.3) is 0 Å². The summed E-state index contributed by atoms with van der Waals surface area (Å²) in [5.74, 6) is -0.984. The lowest BCUT2D eigenvalue weighted by atomic mass is 10.0. The number of carbonyl (C=O) groups is 1. The van der Waals surface area contributed by atoms with Gasteiger partial charge in [-0.15, -0.1) is 0 Å². The molecule has 4 atom stereocenters. The summed E-state index contributed by atoms with van der Waals surface area (Å²) in [5.41, 5.74) is 0. The van der Waals surface area contributed by atoms with Gasteiger partial charge in [-0.25, -0.2) is 5.32 Å². The smallest absolute Gasteiger partial charge is 0.394 e. The van der Waals surface area contributed by atoms with Gasteiger partial charge in [-0.1, -0.05) is 0 Å². The summed E-state index contributed by atoms with van der Waals surface area (Å²) in [6.45, 7) is -0.819. The minimum atomic E-state index is -1.99. The summed E-state index contributed by atoms with van der Waals surface area (Å²) >= 11 is 0. The second kappa shape index (κ2) is 7.12. The Kier molecular flexibility index (Phi) is 5.80. The third-order valence-electron chi connectivity index (χ3n) is 2.40. The van der Waals surface area contributed by atoms with Crippen LogP contribution in [0.4, 0.5) is 5.88 Å². The third kappa shape index (κ3) is 4.23. The molecule has 0 aliphatic rings. The molecule has 0 saturated heterocycles. The molecule has 0 aromatic carbocycles. The molecule has 0 bridgehead atoms. The van der Waals surface area contributed by atoms with E-state index in [1.165, 1.54) is 12.3 Å². The first kappa shape index (κ1) is 15.5. The van der Waals surface area contributed by atoms with Gasteiger partial charge >= 0.3 is 12.1 Å². The van der Waals surface area contributed by atoms with Gasteiger partial charge in [0.2, 0.25) is 0 Å². The van der Waals surface area contributed by atoms with E-state index in [1.807, 2.05) is 0 Å². The number of amides is 1. The molecule has 19 heavy (non-hydrogen) atoms. The Balaban J connectivity index is 2.61. The van der Waals surface area contributed by atoms with Crippen molar-refractivity contribution in [3.8, 4) is 0 Å². The highest BCUT2D eigenvalue weighted by molar-refractivity contribution is 5.93. The Hall–Kier alpha value is -1.58. The van der Waals surface area contributed by atoms with Crippen LogP contribution in [0.15, 0.2) is 28.9 Å². The largest absolute Gasteiger partial charge is 0.433 e. The maximum absolute atomic E-state index is 11.5. The number of hydrogen-bond acceptors (Lipinski definition) is 6. The van der Waals surface area contributed by atoms with Gasteiger partial charge in [-0.05, 0) is 6.07 Å². The van der Waals surface area contributed by atoms with Crippen molar-refractivity contribution in [1.29, 1.82) is 0 Å². The number of nitrogens with one attached hydrogen (secondary N) is 1. The third-order valence-corrected chi connectivity index (χ3v) is 2.40. The van der Waals surface area contributed by atoms with Gasteiger partial charge in [0.05, 0.1) is 12.7 Å². The molecule has 1 amide bonds. The Morgan fingerprint density at radius 1 is 1.21 bits per heavy atom. The van der Waals surface area contributed by atoms with Crippen LogP contribution < -0.4 is 5.32 Å². The van der Waals surface area contributed by atoms with Gasteiger partial charge < -0.3 is 25.5 Å². The van der Waals surface area contributed by atoms with E-state index in [9.17, 15) is 20.1 Å². The van der Waals surface area contributed by atoms with E-state index < -0.39 is 36.9 Å². The van der Waals surface area contributed by atoms with Crippen LogP contribution >= 0.6 is 0 Å². The minimum Gasteiger partial charge on any atom is -0.394 e. The topological polar surface area (TPSA) is 142 Å². The van der Waals surface area contributed by atoms with Crippen LogP contribution in [0, 0.1) is 0 Å². The average molecular weight is 274 g/mol. The van der Waals surface area contributed by atoms with Gasteiger partial charge in [-0.3, -0.25) is 4.79 Å². The van der Waals surface area contributed by atoms with Crippen molar-refractivity contribution < 1.29 is 34.7 Å². The lowest BCUT2D eigenvalue weighted by molar-refractivity contribution is -0.144. The first-order chi connectivity index (χ1) is 8.97. The predicted molar refractivity (Wildman–Crippen MR) is 62.9 cm³/mol. The normalized spacial score (nSPS) is 17.3. The quantitative estimate of drug-likeness (QED) is 0.327. The zero-order chi connectivity index (χ0) is 14.4. The zero-order valence-electron chi connectivity index (χ0n) is 9.88. The fourth-order valence-electron chi connectivity index (χ4n) is 1.28. The zero-order valence-corrected chi connectivity index (χ0v) is 9.88. The van der Waals surface area contributed by atoms with Crippen molar-refractivity contribution in [1.82, 2.24) is 0 Å². The number of hydrogen-bond donors (Lipinski definition) is 6. The standard InChI is InChI=1S/C11H15NO7/c13-5-6(14)8(15)9(16)10(17)11(18)12-7-3-1-2-4-19-7/h1-4,6,8-10,13-17H,5H2/p+1/t6-,8-,9+,10-/m1/s1. The van der Waals surface area contributed by atoms with Crippen LogP contribution in [-0.2, 0) is 4.79 Å². The summed E-state index contributed by atoms with van der Waals surface area (Å²) < 4.78 is 4.88. The molecule has 0 aliphatic carbocycles. The van der Waals surface area contributed by atoms with E-state index in [1.54, 1.807) is 12.1 Å². The van der Waals surface area contributed by atoms with Crippen LogP contribution in [0.3, 0.4) is 0 Å². The lowest BCUT2D eigenvalue weighted by Crippen LogP contribution is -2.50. The molecule has 1 aromatic heterocycles. The highest BCUT2D eigenvalue weighted by atomic mass is 16.4. The number of aliphatic hydroxyl groups excluding tert-OH is 5. The highest BCUT2D eigenvalue weighted by Crippen LogP contribution is 2.09. The van der Waals surface area contributed by atoms with Gasteiger partial charge in [0.15, 0.2) is 6.10 Å². The molecule has 0 radical (unpaired) electrons. The monoisotopic (exact) mass is 274 g/mol. The molecule has 0 spiro atoms. The number of aliphatic hydroxyl groups is 5. The molecular formula is C11H16NO7+. The van der Waals surface area contributed by atoms with Gasteiger partial charge in [0, 0.05) is 6.07 Å². The first-order valence-electron chi connectivity index (χ1n) is 5.48. The molecule has 0 saturated carbocycles. The van der Waals surface area contributed by atoms with Crippen molar-refractivity contribution in [3.63, 3.8) is 0 Å². The molecule has 0 fully saturated rings. The van der Waals surface area contributed by atoms with Crippen molar-refractivity contribution >= 4 is 11.8 Å². The first-order valence-corrected chi connectivity index (χ1v) is 5.48. The van der Waals surface area contributed by atoms with Crippen molar-refractivity contribution in [2.45, 2.75) is 24.4 Å². The van der Waals surface area contributed by atoms with Gasteiger partial charge in [-0.2, -0.15) is 4.42 Å². The molecule has 8 nitrogen and oxygen atoms in total. The second-order valence-corrected chi connectivity index (χ2v) is 3.83. The van der Waals surface area contributed by atoms with E-state index in [4.69, 9.17) is 14.6 Å². The molecule has 1 heterocycles. The van der Waals surface area contributed by atoms with E-state index >= 15 is 0 Å². The summed E-state index contributed by atoms with van der Waals surface area (Å²) in [6, 6.07) is 4.56. The molecule has 6 N–H and O–H groups in total. The highest BCUT2D eigenvalue weighted by Gasteiger charge is 2.35. The van der Waals surface area contributed by atoms with Gasteiger partial charge in [0.25, 0.3) is 5.91 Å². The van der Waals surface area contributed by atoms with Crippen LogP contribution in [-0.4, -0.2) is 62.5 Å². The van der Waals surface area contributed by atoms with Crippen LogP contribution in [0.2, 0.25) is 0 Å². The molecule has 0 unspecified atom stereocenters. The van der Waals surface area contributed by atoms with Gasteiger partial charge in [0.1, 0.15) is 18.3 Å². The molecule has 1 rings (SSSR count). The number of rotatable bonds is 6. The number of anilines is 1. The molecule has 106 valence electrons. The molecule has 8 heteroatoms. The maximum Gasteiger partial charge on any atom is 0.433 e. The molecular weight excluding hydrogens is 258 g/mol.